The van der Waals surface area contributed by atoms with Gasteiger partial charge in [0, 0.05) is 46.4 Å². The Kier molecular flexibility index (Phi) is 16.0. The number of aryl methyl sites for hydroxylation is 1. The summed E-state index contributed by atoms with van der Waals surface area (Å²) in [6.07, 6.45) is 1.96. The maximum absolute atomic E-state index is 13.8. The van der Waals surface area contributed by atoms with E-state index in [9.17, 15) is 43.2 Å². The second kappa shape index (κ2) is 22.6. The van der Waals surface area contributed by atoms with E-state index in [1.165, 1.54) is 67.7 Å². The summed E-state index contributed by atoms with van der Waals surface area (Å²) in [5.41, 5.74) is 2.87. The van der Waals surface area contributed by atoms with Gasteiger partial charge in [-0.15, -0.1) is 0 Å². The summed E-state index contributed by atoms with van der Waals surface area (Å²) >= 11 is 0. The molecule has 69 heavy (non-hydrogen) atoms. The number of ketones is 3. The number of esters is 2. The smallest absolute Gasteiger partial charge is 0.339 e. The van der Waals surface area contributed by atoms with Crippen molar-refractivity contribution >= 4 is 70.0 Å². The molecule has 4 N–H and O–H groups in total. The first kappa shape index (κ1) is 48.9. The second-order valence-electron chi connectivity index (χ2n) is 14.9. The van der Waals surface area contributed by atoms with Crippen molar-refractivity contribution in [3.05, 3.63) is 209 Å². The number of hydrogen-bond donors (Lipinski definition) is 4. The van der Waals surface area contributed by atoms with Crippen LogP contribution in [0.1, 0.15) is 83.6 Å². The Balaban J connectivity index is 1.12. The van der Waals surface area contributed by atoms with E-state index in [0.717, 1.165) is 17.7 Å². The fourth-order valence-corrected chi connectivity index (χ4v) is 6.31. The Bertz CT molecular complexity index is 3020. The zero-order valence-electron chi connectivity index (χ0n) is 37.1. The molecule has 346 valence electrons. The van der Waals surface area contributed by atoms with Gasteiger partial charge >= 0.3 is 11.9 Å². The quantitative estimate of drug-likeness (QED) is 0.0345. The molecule has 0 spiro atoms. The Labute approximate surface area is 395 Å². The van der Waals surface area contributed by atoms with Crippen molar-refractivity contribution in [1.82, 2.24) is 5.32 Å². The van der Waals surface area contributed by atoms with Gasteiger partial charge in [-0.3, -0.25) is 33.6 Å². The Morgan fingerprint density at radius 1 is 0.449 bits per heavy atom. The van der Waals surface area contributed by atoms with Crippen LogP contribution < -0.4 is 26.0 Å². The minimum Gasteiger partial charge on any atom is -0.457 e. The number of nitrogens with one attached hydrogen (secondary N) is 4. The van der Waals surface area contributed by atoms with Crippen LogP contribution in [-0.4, -0.2) is 73.2 Å². The zero-order valence-corrected chi connectivity index (χ0v) is 37.1. The molecule has 4 amide bonds. The van der Waals surface area contributed by atoms with E-state index in [2.05, 4.69) is 34.4 Å². The highest BCUT2D eigenvalue weighted by molar-refractivity contribution is 6.13. The van der Waals surface area contributed by atoms with Crippen molar-refractivity contribution < 1.29 is 57.4 Å². The van der Waals surface area contributed by atoms with Gasteiger partial charge in [-0.2, -0.15) is 0 Å². The molecule has 0 aliphatic rings. The predicted molar refractivity (Wildman–Crippen MR) is 255 cm³/mol. The number of carbonyl (C=O) groups excluding carboxylic acids is 9. The van der Waals surface area contributed by atoms with E-state index in [1.807, 2.05) is 19.1 Å². The average molecular weight is 927 g/mol. The summed E-state index contributed by atoms with van der Waals surface area (Å²) in [4.78, 5) is 115. The Morgan fingerprint density at radius 2 is 0.812 bits per heavy atom. The van der Waals surface area contributed by atoms with Gasteiger partial charge in [0.2, 0.25) is 0 Å². The number of ether oxygens (including phenoxy) is 3. The van der Waals surface area contributed by atoms with E-state index < -0.39 is 54.4 Å². The third kappa shape index (κ3) is 12.8. The lowest BCUT2D eigenvalue weighted by Crippen LogP contribution is -2.22. The van der Waals surface area contributed by atoms with Gasteiger partial charge in [-0.1, -0.05) is 30.9 Å². The van der Waals surface area contributed by atoms with Crippen LogP contribution in [-0.2, 0) is 19.1 Å². The van der Waals surface area contributed by atoms with E-state index >= 15 is 0 Å². The minimum atomic E-state index is -1.01. The second-order valence-corrected chi connectivity index (χ2v) is 14.9. The maximum atomic E-state index is 13.8. The molecule has 6 rings (SSSR count). The number of anilines is 3. The van der Waals surface area contributed by atoms with Crippen LogP contribution in [0.25, 0.3) is 0 Å². The van der Waals surface area contributed by atoms with Crippen molar-refractivity contribution in [2.45, 2.75) is 6.92 Å². The van der Waals surface area contributed by atoms with Gasteiger partial charge in [0.1, 0.15) is 11.5 Å². The molecule has 0 aliphatic carbocycles. The third-order valence-corrected chi connectivity index (χ3v) is 10.0. The average Bonchev–Trinajstić information content (AvgIpc) is 3.37. The highest BCUT2D eigenvalue weighted by Crippen LogP contribution is 2.28. The molecule has 0 saturated carbocycles. The lowest BCUT2D eigenvalue weighted by Gasteiger charge is -2.14. The monoisotopic (exact) mass is 926 g/mol. The van der Waals surface area contributed by atoms with Crippen LogP contribution in [0, 0.1) is 6.92 Å². The molecule has 16 heteroatoms. The highest BCUT2D eigenvalue weighted by Gasteiger charge is 2.23. The first-order chi connectivity index (χ1) is 33.1. The van der Waals surface area contributed by atoms with Gasteiger partial charge in [-0.25, -0.2) is 9.59 Å². The number of carbonyl (C=O) groups is 9. The number of benzene rings is 6. The van der Waals surface area contributed by atoms with Crippen LogP contribution in [0.5, 0.6) is 11.5 Å². The van der Waals surface area contributed by atoms with E-state index in [0.29, 0.717) is 28.1 Å². The highest BCUT2D eigenvalue weighted by atomic mass is 16.5. The third-order valence-electron chi connectivity index (χ3n) is 10.0. The van der Waals surface area contributed by atoms with Crippen LogP contribution in [0.15, 0.2) is 159 Å². The topological polar surface area (TPSA) is 229 Å². The first-order valence-corrected chi connectivity index (χ1v) is 20.8. The molecule has 0 unspecified atom stereocenters. The van der Waals surface area contributed by atoms with Crippen molar-refractivity contribution in [1.29, 1.82) is 0 Å². The summed E-state index contributed by atoms with van der Waals surface area (Å²) < 4.78 is 16.0. The lowest BCUT2D eigenvalue weighted by molar-refractivity contribution is -0.118. The van der Waals surface area contributed by atoms with Gasteiger partial charge in [-0.05, 0) is 140 Å². The SMILES string of the molecule is C=CC(=O)COC(=O)c1ccc(Oc2ccc(C(=O)OCC(=O)C=C)c(C(=O)Nc3ccc(C(=O)Nc4ccc(C(=O)c5ccc(NC(=O)c6ccc(C)cc6)cc5)cc4)cc3)c2)cc1C(=O)NC. The van der Waals surface area contributed by atoms with E-state index in [-0.39, 0.29) is 56.7 Å². The van der Waals surface area contributed by atoms with Gasteiger partial charge in [0.15, 0.2) is 30.6 Å². The van der Waals surface area contributed by atoms with Crippen molar-refractivity contribution in [2.75, 3.05) is 36.2 Å². The molecular weight excluding hydrogens is 885 g/mol. The molecule has 0 bridgehead atoms. The van der Waals surface area contributed by atoms with Gasteiger partial charge < -0.3 is 35.5 Å². The van der Waals surface area contributed by atoms with Gasteiger partial charge in [0.25, 0.3) is 23.6 Å². The standard InChI is InChI=1S/C53H42N4O12/c1-5-39(58)29-67-52(65)43-25-23-41(27-45(43)50(63)54-4)69-42-24-26-44(53(66)68-30-40(59)6-2)46(28-42)51(64)57-38-21-15-35(16-22-38)49(62)56-37-19-13-33(14-20-37)47(60)32-11-17-36(18-12-32)55-48(61)34-9-7-31(3)8-10-34/h5-28H,1-2,29-30H2,3-4H3,(H,54,63)(H,55,61)(H,56,62)(H,57,64). The minimum absolute atomic E-state index is 0.00758. The Hall–Kier alpha value is -9.57. The molecule has 6 aromatic rings. The van der Waals surface area contributed by atoms with Crippen molar-refractivity contribution in [3.63, 3.8) is 0 Å². The van der Waals surface area contributed by atoms with Crippen molar-refractivity contribution in [2.24, 2.45) is 0 Å². The lowest BCUT2D eigenvalue weighted by atomic mass is 10.0. The van der Waals surface area contributed by atoms with Crippen LogP contribution >= 0.6 is 0 Å². The molecular formula is C53H42N4O12. The maximum Gasteiger partial charge on any atom is 0.339 e. The number of hydrogen-bond acceptors (Lipinski definition) is 12. The summed E-state index contributed by atoms with van der Waals surface area (Å²) in [6, 6.07) is 33.4. The van der Waals surface area contributed by atoms with E-state index in [1.54, 1.807) is 60.7 Å². The van der Waals surface area contributed by atoms with Gasteiger partial charge in [0.05, 0.1) is 22.3 Å². The first-order valence-electron chi connectivity index (χ1n) is 20.8. The molecule has 0 atom stereocenters. The zero-order chi connectivity index (χ0) is 49.6. The Morgan fingerprint density at radius 3 is 1.20 bits per heavy atom. The fourth-order valence-electron chi connectivity index (χ4n) is 6.31. The van der Waals surface area contributed by atoms with Crippen LogP contribution in [0.4, 0.5) is 17.1 Å². The fraction of sp³-hybridized carbons (Fsp3) is 0.0755. The summed E-state index contributed by atoms with van der Waals surface area (Å²) in [6.45, 7) is 7.37. The van der Waals surface area contributed by atoms with E-state index in [4.69, 9.17) is 14.2 Å². The molecule has 0 radical (unpaired) electrons. The molecule has 0 heterocycles. The molecule has 0 saturated heterocycles. The normalized spacial score (nSPS) is 10.3. The molecule has 6 aromatic carbocycles. The number of amides is 4. The van der Waals surface area contributed by atoms with Crippen molar-refractivity contribution in [3.8, 4) is 11.5 Å². The molecule has 0 fully saturated rings. The van der Waals surface area contributed by atoms with Crippen LogP contribution in [0.3, 0.4) is 0 Å². The number of rotatable bonds is 19. The molecule has 0 aliphatic heterocycles. The molecule has 0 aromatic heterocycles. The molecule has 16 nitrogen and oxygen atoms in total. The summed E-state index contributed by atoms with van der Waals surface area (Å²) in [7, 11) is 1.34. The predicted octanol–water partition coefficient (Wildman–Crippen LogP) is 7.96. The largest absolute Gasteiger partial charge is 0.457 e. The summed E-state index contributed by atoms with van der Waals surface area (Å²) in [5, 5.41) is 10.6. The van der Waals surface area contributed by atoms with Crippen LogP contribution in [0.2, 0.25) is 0 Å². The summed E-state index contributed by atoms with van der Waals surface area (Å²) in [5.74, 6) is -5.59.